The fraction of sp³-hybridized carbons (Fsp3) is 0.500. The average Bonchev–Trinajstić information content (AvgIpc) is 3.19. The molecule has 0 radical (unpaired) electrons. The number of nitrogens with zero attached hydrogens (tertiary/aromatic N) is 3. The Hall–Kier alpha value is -2.58. The lowest BCUT2D eigenvalue weighted by atomic mass is 9.54. The number of aromatic nitrogens is 2. The van der Waals surface area contributed by atoms with Gasteiger partial charge in [0.1, 0.15) is 6.33 Å². The molecule has 8 heteroatoms. The third-order valence-corrected chi connectivity index (χ3v) is 10.4. The molecular weight excluding hydrogens is 450 g/mol. The molecule has 2 aromatic rings. The fourth-order valence-corrected chi connectivity index (χ4v) is 7.95. The van der Waals surface area contributed by atoms with Crippen molar-refractivity contribution in [1.29, 1.82) is 0 Å². The summed E-state index contributed by atoms with van der Waals surface area (Å²) < 4.78 is 27.1. The first-order valence-electron chi connectivity index (χ1n) is 12.0. The Bertz CT molecular complexity index is 1240. The van der Waals surface area contributed by atoms with Gasteiger partial charge in [0, 0.05) is 31.5 Å². The topological polar surface area (TPSA) is 100 Å². The molecule has 7 nitrogen and oxygen atoms in total. The number of sulfonamides is 1. The molecule has 1 aromatic carbocycles. The molecule has 5 rings (SSSR count). The molecular formula is C26H31N3O4S. The van der Waals surface area contributed by atoms with Crippen LogP contribution in [0.5, 0.6) is 0 Å². The van der Waals surface area contributed by atoms with E-state index in [0.717, 1.165) is 47.5 Å². The number of carboxylic acids is 1. The van der Waals surface area contributed by atoms with Gasteiger partial charge in [-0.3, -0.25) is 4.79 Å². The van der Waals surface area contributed by atoms with Gasteiger partial charge in [0.05, 0.1) is 11.3 Å². The summed E-state index contributed by atoms with van der Waals surface area (Å²) in [5.41, 5.74) is 5.05. The number of aliphatic carboxylic acids is 1. The van der Waals surface area contributed by atoms with Crippen molar-refractivity contribution in [2.24, 2.45) is 17.3 Å². The van der Waals surface area contributed by atoms with Crippen LogP contribution in [0.4, 0.5) is 0 Å². The first-order chi connectivity index (χ1) is 16.2. The number of hydrogen-bond acceptors (Lipinski definition) is 5. The van der Waals surface area contributed by atoms with E-state index < -0.39 is 16.0 Å². The van der Waals surface area contributed by atoms with Crippen LogP contribution in [0.15, 0.2) is 47.9 Å². The lowest BCUT2D eigenvalue weighted by Crippen LogP contribution is -2.41. The van der Waals surface area contributed by atoms with Gasteiger partial charge < -0.3 is 5.11 Å². The highest BCUT2D eigenvalue weighted by atomic mass is 32.2. The van der Waals surface area contributed by atoms with Gasteiger partial charge in [-0.2, -0.15) is 0 Å². The van der Waals surface area contributed by atoms with Crippen LogP contribution >= 0.6 is 0 Å². The molecule has 0 bridgehead atoms. The Morgan fingerprint density at radius 2 is 2.00 bits per heavy atom. The van der Waals surface area contributed by atoms with E-state index in [-0.39, 0.29) is 23.3 Å². The van der Waals surface area contributed by atoms with Gasteiger partial charge in [-0.25, -0.2) is 22.7 Å². The van der Waals surface area contributed by atoms with Gasteiger partial charge in [0.25, 0.3) is 0 Å². The highest BCUT2D eigenvalue weighted by Crippen LogP contribution is 2.63. The zero-order valence-electron chi connectivity index (χ0n) is 19.6. The van der Waals surface area contributed by atoms with Crippen molar-refractivity contribution in [3.8, 4) is 0 Å². The number of allylic oxidation sites excluding steroid dienone is 2. The number of benzene rings is 1. The molecule has 34 heavy (non-hydrogen) atoms. The Labute approximate surface area is 201 Å². The molecule has 3 aliphatic rings. The van der Waals surface area contributed by atoms with Crippen molar-refractivity contribution in [2.75, 3.05) is 13.6 Å². The van der Waals surface area contributed by atoms with Gasteiger partial charge in [0.15, 0.2) is 0 Å². The highest BCUT2D eigenvalue weighted by molar-refractivity contribution is 7.89. The molecule has 1 N–H and O–H groups in total. The molecule has 4 atom stereocenters. The van der Waals surface area contributed by atoms with E-state index in [4.69, 9.17) is 5.11 Å². The number of fused-ring (bicyclic) bond motifs is 5. The molecule has 0 saturated heterocycles. The van der Waals surface area contributed by atoms with Crippen molar-refractivity contribution in [2.45, 2.75) is 56.3 Å². The summed E-state index contributed by atoms with van der Waals surface area (Å²) in [6.45, 7) is 2.36. The highest BCUT2D eigenvalue weighted by Gasteiger charge is 2.52. The summed E-state index contributed by atoms with van der Waals surface area (Å²) in [6.07, 6.45) is 12.8. The Morgan fingerprint density at radius 1 is 1.24 bits per heavy atom. The summed E-state index contributed by atoms with van der Waals surface area (Å²) >= 11 is 0. The van der Waals surface area contributed by atoms with E-state index in [0.29, 0.717) is 17.8 Å². The smallest absolute Gasteiger partial charge is 0.304 e. The van der Waals surface area contributed by atoms with Crippen molar-refractivity contribution < 1.29 is 18.3 Å². The Kier molecular flexibility index (Phi) is 5.84. The molecule has 180 valence electrons. The van der Waals surface area contributed by atoms with Crippen LogP contribution in [0.2, 0.25) is 0 Å². The average molecular weight is 482 g/mol. The minimum absolute atomic E-state index is 0.0402. The minimum Gasteiger partial charge on any atom is -0.481 e. The van der Waals surface area contributed by atoms with Crippen molar-refractivity contribution in [3.63, 3.8) is 0 Å². The fourth-order valence-electron chi connectivity index (χ4n) is 6.73. The molecule has 0 aliphatic heterocycles. The van der Waals surface area contributed by atoms with Crippen LogP contribution in [0.25, 0.3) is 5.57 Å². The lowest BCUT2D eigenvalue weighted by molar-refractivity contribution is -0.137. The number of carboxylic acid groups (broad SMARTS) is 1. The number of aryl methyl sites for hydroxylation is 1. The monoisotopic (exact) mass is 481 g/mol. The maximum Gasteiger partial charge on any atom is 0.304 e. The maximum absolute atomic E-state index is 13.0. The lowest BCUT2D eigenvalue weighted by Gasteiger charge is -2.50. The zero-order valence-corrected chi connectivity index (χ0v) is 20.5. The number of hydrogen-bond donors (Lipinski definition) is 1. The normalized spacial score (nSPS) is 28.1. The van der Waals surface area contributed by atoms with Gasteiger partial charge in [-0.15, -0.1) is 0 Å². The van der Waals surface area contributed by atoms with Gasteiger partial charge in [-0.1, -0.05) is 19.1 Å². The van der Waals surface area contributed by atoms with E-state index >= 15 is 0 Å². The molecule has 3 aliphatic carbocycles. The number of carbonyl (C=O) groups is 1. The molecule has 0 unspecified atom stereocenters. The number of rotatable bonds is 6. The second-order valence-corrected chi connectivity index (χ2v) is 12.2. The van der Waals surface area contributed by atoms with Crippen LogP contribution in [0.1, 0.15) is 61.6 Å². The van der Waals surface area contributed by atoms with E-state index in [9.17, 15) is 13.2 Å². The van der Waals surface area contributed by atoms with Crippen LogP contribution in [0, 0.1) is 17.3 Å². The minimum atomic E-state index is -3.71. The quantitative estimate of drug-likeness (QED) is 0.666. The predicted octanol–water partition coefficient (Wildman–Crippen LogP) is 4.12. The van der Waals surface area contributed by atoms with E-state index in [2.05, 4.69) is 23.0 Å². The van der Waals surface area contributed by atoms with Crippen LogP contribution in [-0.4, -0.2) is 47.4 Å². The van der Waals surface area contributed by atoms with Gasteiger partial charge in [0.2, 0.25) is 10.0 Å². The zero-order chi connectivity index (χ0) is 24.1. The summed E-state index contributed by atoms with van der Waals surface area (Å²) in [7, 11) is -2.27. The van der Waals surface area contributed by atoms with E-state index in [1.165, 1.54) is 18.2 Å². The molecule has 0 spiro atoms. The summed E-state index contributed by atoms with van der Waals surface area (Å²) in [4.78, 5) is 19.6. The van der Waals surface area contributed by atoms with Crippen molar-refractivity contribution in [1.82, 2.24) is 14.3 Å². The summed E-state index contributed by atoms with van der Waals surface area (Å²) in [5.74, 6) is 0.584. The van der Waals surface area contributed by atoms with E-state index in [1.807, 2.05) is 24.5 Å². The first kappa shape index (κ1) is 23.2. The summed E-state index contributed by atoms with van der Waals surface area (Å²) in [6, 6.07) is 5.55. The molecule has 1 aromatic heterocycles. The molecule has 1 saturated carbocycles. The van der Waals surface area contributed by atoms with Crippen LogP contribution in [-0.2, 0) is 21.2 Å². The third kappa shape index (κ3) is 3.77. The standard InChI is InChI=1S/C26H31N3O4S/c1-26-11-9-21-20-6-4-19(34(32,33)29(2)12-10-25(30)31)13-17(20)3-5-22(21)24(26)8-7-23(26)18-14-27-16-28-15-18/h4,6-7,13-16,21-22,24H,3,5,8-12H2,1-2H3,(H,30,31)/t21-,22-,24+,26-/m1/s1. The Morgan fingerprint density at radius 3 is 2.74 bits per heavy atom. The van der Waals surface area contributed by atoms with Gasteiger partial charge in [-0.05, 0) is 84.1 Å². The summed E-state index contributed by atoms with van der Waals surface area (Å²) in [5, 5.41) is 8.90. The molecule has 1 heterocycles. The van der Waals surface area contributed by atoms with Crippen molar-refractivity contribution in [3.05, 3.63) is 59.7 Å². The SMILES string of the molecule is CN(CCC(=O)O)S(=O)(=O)c1ccc2c(c1)CC[C@@H]1[C@@H]2CC[C@]2(C)C(c3cncnc3)=CC[C@@H]12. The molecule has 1 fully saturated rings. The van der Waals surface area contributed by atoms with Crippen LogP contribution < -0.4 is 0 Å². The maximum atomic E-state index is 13.0. The van der Waals surface area contributed by atoms with Gasteiger partial charge >= 0.3 is 5.97 Å². The first-order valence-corrected chi connectivity index (χ1v) is 13.4. The van der Waals surface area contributed by atoms with Crippen LogP contribution in [0.3, 0.4) is 0 Å². The predicted molar refractivity (Wildman–Crippen MR) is 129 cm³/mol. The third-order valence-electron chi connectivity index (χ3n) is 8.50. The second kappa shape index (κ2) is 8.57. The Balaban J connectivity index is 1.38. The largest absolute Gasteiger partial charge is 0.481 e. The molecule has 0 amide bonds. The van der Waals surface area contributed by atoms with E-state index in [1.54, 1.807) is 12.4 Å². The second-order valence-electron chi connectivity index (χ2n) is 10.2. The van der Waals surface area contributed by atoms with Crippen molar-refractivity contribution >= 4 is 21.6 Å².